The van der Waals surface area contributed by atoms with Crippen LogP contribution < -0.4 is 5.32 Å². The molecule has 2 heterocycles. The standard InChI is InChI=1S/C17H19N3/c1-3-9-19-17-12(4-2)11-13-7-8-15-14(16(13)20-17)6-5-10-18-15/h5-8,10-11H,3-4,9H2,1-2H3,(H,19,20). The first-order valence-corrected chi connectivity index (χ1v) is 7.24. The van der Waals surface area contributed by atoms with Gasteiger partial charge in [-0.2, -0.15) is 0 Å². The van der Waals surface area contributed by atoms with Gasteiger partial charge in [0.15, 0.2) is 0 Å². The number of pyridine rings is 2. The van der Waals surface area contributed by atoms with Gasteiger partial charge in [-0.05, 0) is 42.7 Å². The van der Waals surface area contributed by atoms with E-state index in [1.165, 1.54) is 10.9 Å². The van der Waals surface area contributed by atoms with E-state index >= 15 is 0 Å². The number of anilines is 1. The predicted molar refractivity (Wildman–Crippen MR) is 85.2 cm³/mol. The molecule has 0 fully saturated rings. The molecule has 0 aliphatic rings. The van der Waals surface area contributed by atoms with Crippen LogP contribution in [-0.4, -0.2) is 16.5 Å². The second-order valence-corrected chi connectivity index (χ2v) is 4.98. The number of aryl methyl sites for hydroxylation is 1. The first-order valence-electron chi connectivity index (χ1n) is 7.24. The summed E-state index contributed by atoms with van der Waals surface area (Å²) in [7, 11) is 0. The highest BCUT2D eigenvalue weighted by Gasteiger charge is 2.08. The number of aromatic nitrogens is 2. The van der Waals surface area contributed by atoms with E-state index in [0.717, 1.165) is 41.6 Å². The van der Waals surface area contributed by atoms with Gasteiger partial charge in [0.1, 0.15) is 5.82 Å². The van der Waals surface area contributed by atoms with Crippen LogP contribution in [0.4, 0.5) is 5.82 Å². The highest BCUT2D eigenvalue weighted by atomic mass is 15.0. The van der Waals surface area contributed by atoms with Crippen LogP contribution in [0.25, 0.3) is 21.8 Å². The van der Waals surface area contributed by atoms with Crippen molar-refractivity contribution < 1.29 is 0 Å². The van der Waals surface area contributed by atoms with Crippen molar-refractivity contribution in [2.24, 2.45) is 0 Å². The zero-order valence-electron chi connectivity index (χ0n) is 12.0. The Morgan fingerprint density at radius 2 is 2.05 bits per heavy atom. The summed E-state index contributed by atoms with van der Waals surface area (Å²) in [6, 6.07) is 10.5. The minimum atomic E-state index is 0.953. The molecule has 1 aromatic carbocycles. The third-order valence-electron chi connectivity index (χ3n) is 3.57. The minimum Gasteiger partial charge on any atom is -0.370 e. The molecule has 0 atom stereocenters. The topological polar surface area (TPSA) is 37.8 Å². The normalized spacial score (nSPS) is 11.1. The Bertz CT molecular complexity index is 750. The van der Waals surface area contributed by atoms with Gasteiger partial charge in [-0.3, -0.25) is 4.98 Å². The zero-order chi connectivity index (χ0) is 13.9. The third-order valence-corrected chi connectivity index (χ3v) is 3.57. The van der Waals surface area contributed by atoms with Crippen molar-refractivity contribution >= 4 is 27.6 Å². The summed E-state index contributed by atoms with van der Waals surface area (Å²) in [6.07, 6.45) is 3.91. The number of nitrogens with zero attached hydrogens (tertiary/aromatic N) is 2. The van der Waals surface area contributed by atoms with E-state index in [-0.39, 0.29) is 0 Å². The van der Waals surface area contributed by atoms with Gasteiger partial charge >= 0.3 is 0 Å². The van der Waals surface area contributed by atoms with Crippen LogP contribution in [-0.2, 0) is 6.42 Å². The van der Waals surface area contributed by atoms with Gasteiger partial charge in [-0.25, -0.2) is 4.98 Å². The molecule has 3 heteroatoms. The van der Waals surface area contributed by atoms with Gasteiger partial charge in [0.05, 0.1) is 11.0 Å². The van der Waals surface area contributed by atoms with E-state index in [1.54, 1.807) is 0 Å². The van der Waals surface area contributed by atoms with Gasteiger partial charge in [0.2, 0.25) is 0 Å². The molecule has 2 aromatic heterocycles. The molecule has 0 bridgehead atoms. The van der Waals surface area contributed by atoms with Gasteiger partial charge in [0, 0.05) is 23.5 Å². The van der Waals surface area contributed by atoms with Crippen molar-refractivity contribution in [2.45, 2.75) is 26.7 Å². The van der Waals surface area contributed by atoms with Crippen LogP contribution >= 0.6 is 0 Å². The van der Waals surface area contributed by atoms with E-state index in [2.05, 4.69) is 48.4 Å². The predicted octanol–water partition coefficient (Wildman–Crippen LogP) is 4.17. The average molecular weight is 265 g/mol. The molecule has 0 radical (unpaired) electrons. The molecule has 0 saturated heterocycles. The lowest BCUT2D eigenvalue weighted by Crippen LogP contribution is -2.05. The maximum absolute atomic E-state index is 4.86. The lowest BCUT2D eigenvalue weighted by Gasteiger charge is -2.12. The zero-order valence-corrected chi connectivity index (χ0v) is 12.0. The molecule has 0 unspecified atom stereocenters. The second kappa shape index (κ2) is 5.45. The van der Waals surface area contributed by atoms with Gasteiger partial charge in [-0.15, -0.1) is 0 Å². The smallest absolute Gasteiger partial charge is 0.129 e. The fourth-order valence-electron chi connectivity index (χ4n) is 2.50. The highest BCUT2D eigenvalue weighted by Crippen LogP contribution is 2.26. The summed E-state index contributed by atoms with van der Waals surface area (Å²) in [5.74, 6) is 1.01. The Hall–Kier alpha value is -2.16. The van der Waals surface area contributed by atoms with Crippen LogP contribution in [0.2, 0.25) is 0 Å². The van der Waals surface area contributed by atoms with Crippen molar-refractivity contribution in [3.63, 3.8) is 0 Å². The number of fused-ring (bicyclic) bond motifs is 3. The Morgan fingerprint density at radius 1 is 1.15 bits per heavy atom. The molecular weight excluding hydrogens is 246 g/mol. The molecule has 3 aromatic rings. The molecule has 0 saturated carbocycles. The number of benzene rings is 1. The molecule has 0 spiro atoms. The van der Waals surface area contributed by atoms with E-state index in [0.29, 0.717) is 0 Å². The molecule has 102 valence electrons. The first kappa shape index (κ1) is 12.9. The van der Waals surface area contributed by atoms with Gasteiger partial charge < -0.3 is 5.32 Å². The van der Waals surface area contributed by atoms with E-state index in [1.807, 2.05) is 12.3 Å². The molecule has 1 N–H and O–H groups in total. The van der Waals surface area contributed by atoms with Crippen molar-refractivity contribution in [1.82, 2.24) is 9.97 Å². The quantitative estimate of drug-likeness (QED) is 0.719. The fourth-order valence-corrected chi connectivity index (χ4v) is 2.50. The summed E-state index contributed by atoms with van der Waals surface area (Å²) >= 11 is 0. The van der Waals surface area contributed by atoms with Crippen LogP contribution in [0, 0.1) is 0 Å². The van der Waals surface area contributed by atoms with Crippen LogP contribution in [0.15, 0.2) is 36.5 Å². The number of hydrogen-bond acceptors (Lipinski definition) is 3. The number of rotatable bonds is 4. The monoisotopic (exact) mass is 265 g/mol. The Labute approximate surface area is 119 Å². The van der Waals surface area contributed by atoms with Crippen LogP contribution in [0.3, 0.4) is 0 Å². The second-order valence-electron chi connectivity index (χ2n) is 4.98. The van der Waals surface area contributed by atoms with Crippen molar-refractivity contribution in [2.75, 3.05) is 11.9 Å². The SMILES string of the molecule is CCCNc1nc2c(ccc3ncccc32)cc1CC. The van der Waals surface area contributed by atoms with Gasteiger partial charge in [0.25, 0.3) is 0 Å². The van der Waals surface area contributed by atoms with E-state index in [9.17, 15) is 0 Å². The molecule has 20 heavy (non-hydrogen) atoms. The Morgan fingerprint density at radius 3 is 2.85 bits per heavy atom. The maximum Gasteiger partial charge on any atom is 0.129 e. The van der Waals surface area contributed by atoms with Crippen molar-refractivity contribution in [3.05, 3.63) is 42.1 Å². The Kier molecular flexibility index (Phi) is 3.50. The van der Waals surface area contributed by atoms with Crippen LogP contribution in [0.1, 0.15) is 25.8 Å². The summed E-state index contributed by atoms with van der Waals surface area (Å²) in [5.41, 5.74) is 3.30. The summed E-state index contributed by atoms with van der Waals surface area (Å²) in [4.78, 5) is 9.27. The Balaban J connectivity index is 2.25. The lowest BCUT2D eigenvalue weighted by molar-refractivity contribution is 0.962. The molecule has 3 rings (SSSR count). The van der Waals surface area contributed by atoms with Crippen molar-refractivity contribution in [1.29, 1.82) is 0 Å². The third kappa shape index (κ3) is 2.20. The lowest BCUT2D eigenvalue weighted by atomic mass is 10.1. The molecule has 3 nitrogen and oxygen atoms in total. The van der Waals surface area contributed by atoms with E-state index in [4.69, 9.17) is 4.98 Å². The van der Waals surface area contributed by atoms with Crippen molar-refractivity contribution in [3.8, 4) is 0 Å². The molecule has 0 amide bonds. The largest absolute Gasteiger partial charge is 0.370 e. The molecular formula is C17H19N3. The maximum atomic E-state index is 4.86. The first-order chi connectivity index (χ1) is 9.83. The number of hydrogen-bond donors (Lipinski definition) is 1. The minimum absolute atomic E-state index is 0.953. The van der Waals surface area contributed by atoms with Gasteiger partial charge in [-0.1, -0.05) is 19.9 Å². The molecule has 0 aliphatic carbocycles. The number of nitrogens with one attached hydrogen (secondary N) is 1. The van der Waals surface area contributed by atoms with E-state index < -0.39 is 0 Å². The highest BCUT2D eigenvalue weighted by molar-refractivity contribution is 6.04. The fraction of sp³-hybridized carbons (Fsp3) is 0.294. The van der Waals surface area contributed by atoms with Crippen LogP contribution in [0.5, 0.6) is 0 Å². The summed E-state index contributed by atoms with van der Waals surface area (Å²) in [6.45, 7) is 5.29. The molecule has 0 aliphatic heterocycles. The summed E-state index contributed by atoms with van der Waals surface area (Å²) in [5, 5.41) is 5.74. The summed E-state index contributed by atoms with van der Waals surface area (Å²) < 4.78 is 0. The average Bonchev–Trinajstić information content (AvgIpc) is 2.51.